The molecule has 1 unspecified atom stereocenters. The molecule has 0 saturated carbocycles. The van der Waals surface area contributed by atoms with Gasteiger partial charge in [0.05, 0.1) is 12.2 Å². The van der Waals surface area contributed by atoms with Crippen LogP contribution in [0, 0.1) is 0 Å². The van der Waals surface area contributed by atoms with Gasteiger partial charge in [-0.3, -0.25) is 0 Å². The van der Waals surface area contributed by atoms with Crippen molar-refractivity contribution in [2.75, 3.05) is 19.6 Å². The maximum absolute atomic E-state index is 12.0. The zero-order valence-corrected chi connectivity index (χ0v) is 18.3. The standard InChI is InChI=1S/C20H35N5O3/c1-8-21-17(23-12-16-22-11-15(27-16)19(2,3)4)25-10-9-14(13-25)24-18(26)28-20(5,6)7/h11,14H,8-10,12-13H2,1-7H3,(H,21,23)(H,24,26). The Balaban J connectivity index is 1.95. The van der Waals surface area contributed by atoms with Crippen molar-refractivity contribution in [2.24, 2.45) is 4.99 Å². The Hall–Kier alpha value is -2.25. The van der Waals surface area contributed by atoms with Gasteiger partial charge < -0.3 is 24.7 Å². The molecule has 28 heavy (non-hydrogen) atoms. The number of rotatable bonds is 4. The normalized spacial score (nSPS) is 18.3. The number of hydrogen-bond donors (Lipinski definition) is 2. The van der Waals surface area contributed by atoms with Crippen LogP contribution in [0.2, 0.25) is 0 Å². The van der Waals surface area contributed by atoms with Crippen LogP contribution in [0.1, 0.15) is 66.5 Å². The minimum absolute atomic E-state index is 0.0351. The molecule has 1 aromatic heterocycles. The van der Waals surface area contributed by atoms with Crippen molar-refractivity contribution in [1.82, 2.24) is 20.5 Å². The van der Waals surface area contributed by atoms with Crippen LogP contribution in [0.5, 0.6) is 0 Å². The van der Waals surface area contributed by atoms with E-state index in [2.05, 4.69) is 46.3 Å². The number of amides is 1. The lowest BCUT2D eigenvalue weighted by molar-refractivity contribution is 0.0507. The molecule has 1 saturated heterocycles. The minimum Gasteiger partial charge on any atom is -0.444 e. The topological polar surface area (TPSA) is 92.0 Å². The van der Waals surface area contributed by atoms with E-state index in [9.17, 15) is 4.79 Å². The van der Waals surface area contributed by atoms with Gasteiger partial charge in [-0.25, -0.2) is 14.8 Å². The molecular weight excluding hydrogens is 358 g/mol. The molecule has 1 aliphatic rings. The quantitative estimate of drug-likeness (QED) is 0.603. The third-order valence-corrected chi connectivity index (χ3v) is 4.20. The van der Waals surface area contributed by atoms with E-state index < -0.39 is 5.60 Å². The second-order valence-electron chi connectivity index (χ2n) is 9.12. The summed E-state index contributed by atoms with van der Waals surface area (Å²) < 4.78 is 11.2. The third-order valence-electron chi connectivity index (χ3n) is 4.20. The molecule has 2 heterocycles. The predicted molar refractivity (Wildman–Crippen MR) is 109 cm³/mol. The Morgan fingerprint density at radius 1 is 1.36 bits per heavy atom. The van der Waals surface area contributed by atoms with E-state index in [1.165, 1.54) is 0 Å². The van der Waals surface area contributed by atoms with Gasteiger partial charge in [0, 0.05) is 25.0 Å². The molecule has 8 nitrogen and oxygen atoms in total. The fraction of sp³-hybridized carbons (Fsp3) is 0.750. The molecule has 0 aromatic carbocycles. The number of nitrogens with zero attached hydrogens (tertiary/aromatic N) is 3. The SMILES string of the molecule is CCNC(=NCc1ncc(C(C)(C)C)o1)N1CCC(NC(=O)OC(C)(C)C)C1. The fourth-order valence-electron chi connectivity index (χ4n) is 2.84. The number of oxazole rings is 1. The molecule has 1 amide bonds. The van der Waals surface area contributed by atoms with Crippen LogP contribution in [0.15, 0.2) is 15.6 Å². The van der Waals surface area contributed by atoms with Gasteiger partial charge in [0.25, 0.3) is 0 Å². The van der Waals surface area contributed by atoms with E-state index in [0.29, 0.717) is 19.0 Å². The van der Waals surface area contributed by atoms with E-state index >= 15 is 0 Å². The fourth-order valence-corrected chi connectivity index (χ4v) is 2.84. The highest BCUT2D eigenvalue weighted by Gasteiger charge is 2.28. The highest BCUT2D eigenvalue weighted by Crippen LogP contribution is 2.23. The zero-order valence-electron chi connectivity index (χ0n) is 18.3. The van der Waals surface area contributed by atoms with Gasteiger partial charge in [-0.2, -0.15) is 0 Å². The second-order valence-corrected chi connectivity index (χ2v) is 9.12. The van der Waals surface area contributed by atoms with Crippen LogP contribution in [-0.4, -0.2) is 53.2 Å². The first-order chi connectivity index (χ1) is 13.0. The molecule has 2 N–H and O–H groups in total. The molecule has 1 aromatic rings. The number of guanidine groups is 1. The molecule has 1 fully saturated rings. The number of hydrogen-bond acceptors (Lipinski definition) is 5. The largest absolute Gasteiger partial charge is 0.444 e. The number of carbonyl (C=O) groups is 1. The highest BCUT2D eigenvalue weighted by molar-refractivity contribution is 5.80. The summed E-state index contributed by atoms with van der Waals surface area (Å²) in [5.41, 5.74) is -0.574. The number of aromatic nitrogens is 1. The maximum Gasteiger partial charge on any atom is 0.407 e. The molecule has 0 bridgehead atoms. The first kappa shape index (κ1) is 22.0. The van der Waals surface area contributed by atoms with E-state index in [1.807, 2.05) is 27.7 Å². The predicted octanol–water partition coefficient (Wildman–Crippen LogP) is 3.04. The summed E-state index contributed by atoms with van der Waals surface area (Å²) in [6.45, 7) is 16.5. The van der Waals surface area contributed by atoms with Crippen molar-refractivity contribution in [3.63, 3.8) is 0 Å². The molecule has 158 valence electrons. The van der Waals surface area contributed by atoms with Crippen LogP contribution in [-0.2, 0) is 16.7 Å². The van der Waals surface area contributed by atoms with Crippen LogP contribution >= 0.6 is 0 Å². The lowest BCUT2D eigenvalue weighted by Gasteiger charge is -2.23. The van der Waals surface area contributed by atoms with E-state index in [0.717, 1.165) is 31.2 Å². The van der Waals surface area contributed by atoms with Crippen LogP contribution in [0.25, 0.3) is 0 Å². The Morgan fingerprint density at radius 3 is 2.64 bits per heavy atom. The first-order valence-corrected chi connectivity index (χ1v) is 9.96. The molecule has 0 aliphatic carbocycles. The van der Waals surface area contributed by atoms with Crippen LogP contribution in [0.3, 0.4) is 0 Å². The van der Waals surface area contributed by atoms with Crippen LogP contribution in [0.4, 0.5) is 4.79 Å². The van der Waals surface area contributed by atoms with Gasteiger partial charge in [0.1, 0.15) is 17.9 Å². The summed E-state index contributed by atoms with van der Waals surface area (Å²) in [5.74, 6) is 2.25. The number of nitrogens with one attached hydrogen (secondary N) is 2. The number of aliphatic imine (C=N–C) groups is 1. The molecule has 8 heteroatoms. The molecule has 1 aliphatic heterocycles. The lowest BCUT2D eigenvalue weighted by atomic mass is 9.94. The molecule has 1 atom stereocenters. The van der Waals surface area contributed by atoms with Crippen molar-refractivity contribution in [2.45, 2.75) is 78.5 Å². The average Bonchev–Trinajstić information content (AvgIpc) is 3.18. The molecule has 0 radical (unpaired) electrons. The van der Waals surface area contributed by atoms with Crippen molar-refractivity contribution < 1.29 is 13.9 Å². The van der Waals surface area contributed by atoms with Gasteiger partial charge in [-0.15, -0.1) is 0 Å². The Morgan fingerprint density at radius 2 is 2.07 bits per heavy atom. The van der Waals surface area contributed by atoms with E-state index in [-0.39, 0.29) is 17.6 Å². The van der Waals surface area contributed by atoms with Crippen molar-refractivity contribution in [3.05, 3.63) is 17.8 Å². The summed E-state index contributed by atoms with van der Waals surface area (Å²) in [5, 5.41) is 6.25. The first-order valence-electron chi connectivity index (χ1n) is 9.96. The number of likely N-dealkylation sites (tertiary alicyclic amines) is 1. The summed E-state index contributed by atoms with van der Waals surface area (Å²) >= 11 is 0. The van der Waals surface area contributed by atoms with Crippen molar-refractivity contribution in [1.29, 1.82) is 0 Å². The Bertz CT molecular complexity index is 685. The number of ether oxygens (including phenoxy) is 1. The van der Waals surface area contributed by atoms with Crippen molar-refractivity contribution >= 4 is 12.1 Å². The average molecular weight is 394 g/mol. The summed E-state index contributed by atoms with van der Waals surface area (Å²) in [4.78, 5) is 23.1. The van der Waals surface area contributed by atoms with E-state index in [4.69, 9.17) is 9.15 Å². The Labute approximate surface area is 168 Å². The smallest absolute Gasteiger partial charge is 0.407 e. The van der Waals surface area contributed by atoms with Gasteiger partial charge in [0.15, 0.2) is 5.96 Å². The number of alkyl carbamates (subject to hydrolysis) is 1. The molecule has 2 rings (SSSR count). The molecular formula is C20H35N5O3. The second kappa shape index (κ2) is 8.84. The van der Waals surface area contributed by atoms with Gasteiger partial charge in [-0.1, -0.05) is 20.8 Å². The van der Waals surface area contributed by atoms with E-state index in [1.54, 1.807) is 6.20 Å². The minimum atomic E-state index is -0.499. The maximum atomic E-state index is 12.0. The monoisotopic (exact) mass is 393 g/mol. The Kier molecular flexibility index (Phi) is 6.96. The third kappa shape index (κ3) is 6.73. The van der Waals surface area contributed by atoms with Gasteiger partial charge >= 0.3 is 6.09 Å². The summed E-state index contributed by atoms with van der Waals surface area (Å²) in [7, 11) is 0. The van der Waals surface area contributed by atoms with Gasteiger partial charge in [0.2, 0.25) is 5.89 Å². The number of carbonyl (C=O) groups excluding carboxylic acids is 1. The van der Waals surface area contributed by atoms with Crippen molar-refractivity contribution in [3.8, 4) is 0 Å². The van der Waals surface area contributed by atoms with Gasteiger partial charge in [-0.05, 0) is 34.1 Å². The highest BCUT2D eigenvalue weighted by atomic mass is 16.6. The lowest BCUT2D eigenvalue weighted by Crippen LogP contribution is -2.44. The molecule has 0 spiro atoms. The zero-order chi connectivity index (χ0) is 20.9. The summed E-state index contributed by atoms with van der Waals surface area (Å²) in [6, 6.07) is 0.0351. The van der Waals surface area contributed by atoms with Crippen LogP contribution < -0.4 is 10.6 Å². The summed E-state index contributed by atoms with van der Waals surface area (Å²) in [6.07, 6.45) is 2.24.